The van der Waals surface area contributed by atoms with Crippen molar-refractivity contribution in [1.82, 2.24) is 14.8 Å². The summed E-state index contributed by atoms with van der Waals surface area (Å²) >= 11 is 0. The lowest BCUT2D eigenvalue weighted by atomic mass is 10.1. The molecule has 0 atom stereocenters. The van der Waals surface area contributed by atoms with Crippen molar-refractivity contribution in [3.63, 3.8) is 0 Å². The van der Waals surface area contributed by atoms with Gasteiger partial charge in [0.25, 0.3) is 5.69 Å². The van der Waals surface area contributed by atoms with Crippen molar-refractivity contribution < 1.29 is 9.66 Å². The summed E-state index contributed by atoms with van der Waals surface area (Å²) in [5.41, 5.74) is 3.67. The molecule has 0 radical (unpaired) electrons. The van der Waals surface area contributed by atoms with Crippen LogP contribution in [-0.4, -0.2) is 26.8 Å². The van der Waals surface area contributed by atoms with Crippen LogP contribution in [0.5, 0.6) is 5.75 Å². The Bertz CT molecular complexity index is 1170. The van der Waals surface area contributed by atoms with Gasteiger partial charge in [0.1, 0.15) is 5.75 Å². The summed E-state index contributed by atoms with van der Waals surface area (Å²) < 4.78 is 7.20. The van der Waals surface area contributed by atoms with Crippen LogP contribution in [0.3, 0.4) is 0 Å². The van der Waals surface area contributed by atoms with Crippen molar-refractivity contribution in [1.29, 1.82) is 0 Å². The van der Waals surface area contributed by atoms with Gasteiger partial charge < -0.3 is 4.74 Å². The summed E-state index contributed by atoms with van der Waals surface area (Å²) in [4.78, 5) is 10.6. The number of hydrogen-bond donors (Lipinski definition) is 0. The fraction of sp³-hybridized carbons (Fsp3) is 0.0909. The molecule has 0 saturated heterocycles. The van der Waals surface area contributed by atoms with Gasteiger partial charge in [-0.2, -0.15) is 0 Å². The van der Waals surface area contributed by atoms with Crippen LogP contribution < -0.4 is 4.74 Å². The third kappa shape index (κ3) is 3.58. The van der Waals surface area contributed by atoms with Gasteiger partial charge in [0.15, 0.2) is 11.6 Å². The number of nitro groups is 1. The molecule has 1 aromatic heterocycles. The summed E-state index contributed by atoms with van der Waals surface area (Å²) in [5.74, 6) is 2.03. The molecular weight excluding hydrogens is 368 g/mol. The Labute approximate surface area is 167 Å². The molecule has 7 heteroatoms. The number of non-ortho nitro benzene ring substituents is 1. The number of hydrogen-bond acceptors (Lipinski definition) is 5. The van der Waals surface area contributed by atoms with Crippen LogP contribution in [-0.2, 0) is 0 Å². The molecule has 4 aromatic rings. The van der Waals surface area contributed by atoms with Gasteiger partial charge in [0, 0.05) is 28.9 Å². The van der Waals surface area contributed by atoms with E-state index in [1.165, 1.54) is 12.1 Å². The standard InChI is InChI=1S/C22H18N4O3/c1-15-4-3-5-17(14-15)22-24-23-21(16-6-8-19(9-7-16)26(27)28)25(22)18-10-12-20(29-2)13-11-18/h3-14H,1-2H3. The Balaban J connectivity index is 1.90. The molecule has 0 bridgehead atoms. The average molecular weight is 386 g/mol. The fourth-order valence-corrected chi connectivity index (χ4v) is 3.15. The summed E-state index contributed by atoms with van der Waals surface area (Å²) in [6.07, 6.45) is 0. The van der Waals surface area contributed by atoms with Crippen LogP contribution in [0.15, 0.2) is 72.8 Å². The smallest absolute Gasteiger partial charge is 0.269 e. The molecule has 0 aliphatic heterocycles. The normalized spacial score (nSPS) is 10.7. The van der Waals surface area contributed by atoms with Crippen LogP contribution in [0.2, 0.25) is 0 Å². The van der Waals surface area contributed by atoms with Crippen molar-refractivity contribution in [2.24, 2.45) is 0 Å². The van der Waals surface area contributed by atoms with E-state index in [1.54, 1.807) is 19.2 Å². The van der Waals surface area contributed by atoms with E-state index in [-0.39, 0.29) is 5.69 Å². The molecule has 144 valence electrons. The molecular formula is C22H18N4O3. The first-order valence-corrected chi connectivity index (χ1v) is 8.98. The van der Waals surface area contributed by atoms with Crippen LogP contribution >= 0.6 is 0 Å². The van der Waals surface area contributed by atoms with E-state index in [9.17, 15) is 10.1 Å². The minimum absolute atomic E-state index is 0.0307. The molecule has 0 N–H and O–H groups in total. The number of rotatable bonds is 5. The zero-order chi connectivity index (χ0) is 20.4. The highest BCUT2D eigenvalue weighted by Gasteiger charge is 2.18. The van der Waals surface area contributed by atoms with Gasteiger partial charge >= 0.3 is 0 Å². The summed E-state index contributed by atoms with van der Waals surface area (Å²) in [5, 5.41) is 19.8. The Morgan fingerprint density at radius 1 is 0.897 bits per heavy atom. The third-order valence-corrected chi connectivity index (χ3v) is 4.61. The van der Waals surface area contributed by atoms with Crippen LogP contribution in [0.25, 0.3) is 28.5 Å². The molecule has 0 saturated carbocycles. The first-order chi connectivity index (χ1) is 14.1. The SMILES string of the molecule is COc1ccc(-n2c(-c3ccc([N+](=O)[O-])cc3)nnc2-c2cccc(C)c2)cc1. The minimum Gasteiger partial charge on any atom is -0.497 e. The highest BCUT2D eigenvalue weighted by molar-refractivity contribution is 5.67. The molecule has 0 aliphatic carbocycles. The predicted octanol–water partition coefficient (Wildman–Crippen LogP) is 4.83. The van der Waals surface area contributed by atoms with Gasteiger partial charge in [-0.3, -0.25) is 14.7 Å². The van der Waals surface area contributed by atoms with Gasteiger partial charge in [-0.1, -0.05) is 23.8 Å². The van der Waals surface area contributed by atoms with Crippen molar-refractivity contribution in [3.8, 4) is 34.2 Å². The lowest BCUT2D eigenvalue weighted by Crippen LogP contribution is -2.01. The molecule has 0 spiro atoms. The third-order valence-electron chi connectivity index (χ3n) is 4.61. The van der Waals surface area contributed by atoms with E-state index in [1.807, 2.05) is 60.0 Å². The first kappa shape index (κ1) is 18.4. The fourth-order valence-electron chi connectivity index (χ4n) is 3.15. The monoisotopic (exact) mass is 386 g/mol. The van der Waals surface area contributed by atoms with E-state index >= 15 is 0 Å². The Morgan fingerprint density at radius 2 is 1.55 bits per heavy atom. The zero-order valence-corrected chi connectivity index (χ0v) is 15.9. The van der Waals surface area contributed by atoms with E-state index in [4.69, 9.17) is 4.74 Å². The molecule has 0 amide bonds. The summed E-state index contributed by atoms with van der Waals surface area (Å²) in [6, 6.07) is 21.9. The minimum atomic E-state index is -0.420. The number of aryl methyl sites for hydroxylation is 1. The topological polar surface area (TPSA) is 83.1 Å². The van der Waals surface area contributed by atoms with Crippen molar-refractivity contribution in [2.75, 3.05) is 7.11 Å². The molecule has 7 nitrogen and oxygen atoms in total. The second-order valence-electron chi connectivity index (χ2n) is 6.55. The molecule has 0 unspecified atom stereocenters. The molecule has 29 heavy (non-hydrogen) atoms. The Morgan fingerprint density at radius 3 is 2.14 bits per heavy atom. The molecule has 0 fully saturated rings. The number of benzene rings is 3. The van der Waals surface area contributed by atoms with Crippen LogP contribution in [0.4, 0.5) is 5.69 Å². The van der Waals surface area contributed by atoms with E-state index in [0.717, 1.165) is 28.1 Å². The lowest BCUT2D eigenvalue weighted by molar-refractivity contribution is -0.384. The van der Waals surface area contributed by atoms with Crippen LogP contribution in [0.1, 0.15) is 5.56 Å². The maximum absolute atomic E-state index is 11.0. The van der Waals surface area contributed by atoms with Crippen molar-refractivity contribution >= 4 is 5.69 Å². The Hall–Kier alpha value is -4.00. The van der Waals surface area contributed by atoms with Crippen molar-refractivity contribution in [2.45, 2.75) is 6.92 Å². The zero-order valence-electron chi connectivity index (χ0n) is 15.9. The van der Waals surface area contributed by atoms with Crippen molar-refractivity contribution in [3.05, 3.63) is 88.5 Å². The second kappa shape index (κ2) is 7.55. The first-order valence-electron chi connectivity index (χ1n) is 8.98. The maximum Gasteiger partial charge on any atom is 0.269 e. The summed E-state index contributed by atoms with van der Waals surface area (Å²) in [7, 11) is 1.62. The van der Waals surface area contributed by atoms with E-state index in [2.05, 4.69) is 10.2 Å². The number of aromatic nitrogens is 3. The number of nitro benzene ring substituents is 1. The molecule has 3 aromatic carbocycles. The summed E-state index contributed by atoms with van der Waals surface area (Å²) in [6.45, 7) is 2.02. The number of ether oxygens (including phenoxy) is 1. The van der Waals surface area contributed by atoms with Gasteiger partial charge in [0.05, 0.1) is 12.0 Å². The van der Waals surface area contributed by atoms with Gasteiger partial charge in [0.2, 0.25) is 0 Å². The highest BCUT2D eigenvalue weighted by Crippen LogP contribution is 2.30. The van der Waals surface area contributed by atoms with Gasteiger partial charge in [-0.25, -0.2) is 0 Å². The van der Waals surface area contributed by atoms with Crippen LogP contribution in [0, 0.1) is 17.0 Å². The molecule has 4 rings (SSSR count). The number of nitrogens with zero attached hydrogens (tertiary/aromatic N) is 4. The molecule has 0 aliphatic rings. The van der Waals surface area contributed by atoms with E-state index < -0.39 is 4.92 Å². The highest BCUT2D eigenvalue weighted by atomic mass is 16.6. The maximum atomic E-state index is 11.0. The van der Waals surface area contributed by atoms with Gasteiger partial charge in [-0.05, 0) is 49.4 Å². The molecule has 1 heterocycles. The predicted molar refractivity (Wildman–Crippen MR) is 110 cm³/mol. The second-order valence-corrected chi connectivity index (χ2v) is 6.55. The largest absolute Gasteiger partial charge is 0.497 e. The lowest BCUT2D eigenvalue weighted by Gasteiger charge is -2.12. The Kier molecular flexibility index (Phi) is 4.78. The quantitative estimate of drug-likeness (QED) is 0.362. The van der Waals surface area contributed by atoms with E-state index in [0.29, 0.717) is 11.6 Å². The average Bonchev–Trinajstić information content (AvgIpc) is 3.19. The number of methoxy groups -OCH3 is 1. The van der Waals surface area contributed by atoms with Gasteiger partial charge in [-0.15, -0.1) is 10.2 Å².